The van der Waals surface area contributed by atoms with Gasteiger partial charge in [-0.15, -0.1) is 0 Å². The van der Waals surface area contributed by atoms with E-state index in [2.05, 4.69) is 139 Å². The molecule has 0 radical (unpaired) electrons. The van der Waals surface area contributed by atoms with Gasteiger partial charge in [0.25, 0.3) is 0 Å². The number of rotatable bonds is 10. The van der Waals surface area contributed by atoms with Crippen molar-refractivity contribution in [3.05, 3.63) is 316 Å². The van der Waals surface area contributed by atoms with Crippen molar-refractivity contribution in [2.45, 2.75) is 6.92 Å². The third-order valence-corrected chi connectivity index (χ3v) is 17.4. The smallest absolute Gasteiger partial charge is 0.189 e. The molecule has 15 aromatic rings. The molecule has 13 nitrogen and oxygen atoms in total. The highest BCUT2D eigenvalue weighted by Gasteiger charge is 2.25. The molecule has 97 heavy (non-hydrogen) atoms. The normalized spacial score (nSPS) is 10.9. The van der Waals surface area contributed by atoms with E-state index in [0.29, 0.717) is 90.3 Å². The fraction of sp³-hybridized carbons (Fsp3) is 0.0119. The molecule has 3 heterocycles. The van der Waals surface area contributed by atoms with Crippen LogP contribution >= 0.6 is 0 Å². The van der Waals surface area contributed by atoms with Crippen LogP contribution in [0.2, 0.25) is 0 Å². The lowest BCUT2D eigenvalue weighted by Crippen LogP contribution is -2.04. The average molecular weight is 1230 g/mol. The van der Waals surface area contributed by atoms with Crippen LogP contribution in [-0.2, 0) is 0 Å². The molecule has 12 aromatic carbocycles. The van der Waals surface area contributed by atoms with Crippen molar-refractivity contribution in [2.24, 2.45) is 0 Å². The van der Waals surface area contributed by atoms with Crippen molar-refractivity contribution in [2.75, 3.05) is 0 Å². The van der Waals surface area contributed by atoms with Crippen LogP contribution < -0.4 is 0 Å². The van der Waals surface area contributed by atoms with E-state index in [1.54, 1.807) is 72.8 Å². The average Bonchev–Trinajstić information content (AvgIpc) is 1.59. The second kappa shape index (κ2) is 24.1. The molecule has 0 spiro atoms. The predicted molar refractivity (Wildman–Crippen MR) is 381 cm³/mol. The standard InChI is InChI=1S/C84H43N13/c1-50-16-22-70(81(28-50)97-79-25-19-59(64-31-53(48-87)35-68(39-64)91-4)43-74(79)75-44-60(20-26-80(75)97)65-32-54(49-88)36-69(40-65)92-5)71-45-61(84-94-82(55-12-8-6-9-13-55)93-83(95-84)56-14-10-7-11-15-56)21-27-76(71)96-77-23-17-57(62-29-51(46-85)33-66(37-62)89-2)41-72(77)73-42-58(18-24-78(73)96)63-30-52(47-86)34-67(38-63)90-3/h6-45H,1H3. The molecule has 0 atom stereocenters. The lowest BCUT2D eigenvalue weighted by Gasteiger charge is -2.20. The van der Waals surface area contributed by atoms with Gasteiger partial charge < -0.3 is 9.13 Å². The van der Waals surface area contributed by atoms with Crippen molar-refractivity contribution < 1.29 is 0 Å². The van der Waals surface area contributed by atoms with Gasteiger partial charge in [0.1, 0.15) is 0 Å². The molecule has 0 aliphatic heterocycles. The summed E-state index contributed by atoms with van der Waals surface area (Å²) in [5, 5.41) is 44.0. The van der Waals surface area contributed by atoms with E-state index in [1.807, 2.05) is 91.0 Å². The summed E-state index contributed by atoms with van der Waals surface area (Å²) in [4.78, 5) is 30.4. The van der Waals surface area contributed by atoms with Gasteiger partial charge in [-0.25, -0.2) is 34.3 Å². The Morgan fingerprint density at radius 1 is 0.289 bits per heavy atom. The van der Waals surface area contributed by atoms with Gasteiger partial charge in [0, 0.05) is 71.6 Å². The monoisotopic (exact) mass is 1230 g/mol. The van der Waals surface area contributed by atoms with Crippen LogP contribution in [0.1, 0.15) is 27.8 Å². The molecule has 444 valence electrons. The maximum Gasteiger partial charge on any atom is 0.189 e. The zero-order valence-electron chi connectivity index (χ0n) is 51.4. The Kier molecular flexibility index (Phi) is 14.5. The van der Waals surface area contributed by atoms with Crippen molar-refractivity contribution in [3.8, 4) is 125 Å². The number of hydrogen-bond acceptors (Lipinski definition) is 7. The van der Waals surface area contributed by atoms with Crippen molar-refractivity contribution >= 4 is 66.4 Å². The topological polar surface area (TPSA) is 161 Å². The number of nitriles is 4. The summed E-state index contributed by atoms with van der Waals surface area (Å²) in [6.45, 7) is 33.8. The molecule has 0 N–H and O–H groups in total. The highest BCUT2D eigenvalue weighted by atomic mass is 15.0. The van der Waals surface area contributed by atoms with Gasteiger partial charge in [-0.2, -0.15) is 21.0 Å². The van der Waals surface area contributed by atoms with Crippen LogP contribution in [-0.4, -0.2) is 24.1 Å². The van der Waals surface area contributed by atoms with Crippen molar-refractivity contribution in [3.63, 3.8) is 0 Å². The fourth-order valence-corrected chi connectivity index (χ4v) is 13.0. The maximum atomic E-state index is 10.2. The number of hydrogen-bond donors (Lipinski definition) is 0. The third-order valence-electron chi connectivity index (χ3n) is 17.4. The van der Waals surface area contributed by atoms with E-state index in [0.717, 1.165) is 105 Å². The summed E-state index contributed by atoms with van der Waals surface area (Å²) >= 11 is 0. The summed E-state index contributed by atoms with van der Waals surface area (Å²) in [5.41, 5.74) is 18.5. The van der Waals surface area contributed by atoms with Gasteiger partial charge in [0.05, 0.1) is 84.0 Å². The van der Waals surface area contributed by atoms with Crippen LogP contribution in [0.4, 0.5) is 22.7 Å². The van der Waals surface area contributed by atoms with E-state index in [1.165, 1.54) is 0 Å². The molecule has 0 saturated heterocycles. The van der Waals surface area contributed by atoms with Crippen LogP contribution in [0.15, 0.2) is 243 Å². The number of aryl methyl sites for hydroxylation is 1. The maximum absolute atomic E-state index is 10.2. The largest absolute Gasteiger partial charge is 0.309 e. The minimum Gasteiger partial charge on any atom is -0.309 e. The molecule has 0 aliphatic carbocycles. The number of fused-ring (bicyclic) bond motifs is 6. The van der Waals surface area contributed by atoms with Gasteiger partial charge in [-0.1, -0.05) is 97.1 Å². The minimum atomic E-state index is 0.334. The van der Waals surface area contributed by atoms with Crippen LogP contribution in [0.5, 0.6) is 0 Å². The lowest BCUT2D eigenvalue weighted by molar-refractivity contribution is 1.07. The Labute approximate surface area is 556 Å². The summed E-state index contributed by atoms with van der Waals surface area (Å²) < 4.78 is 4.51. The fourth-order valence-electron chi connectivity index (χ4n) is 13.0. The molecular formula is C84H43N13. The molecule has 0 unspecified atom stereocenters. The van der Waals surface area contributed by atoms with E-state index < -0.39 is 0 Å². The van der Waals surface area contributed by atoms with Gasteiger partial charge >= 0.3 is 0 Å². The van der Waals surface area contributed by atoms with Crippen molar-refractivity contribution in [1.82, 2.24) is 24.1 Å². The summed E-state index contributed by atoms with van der Waals surface area (Å²) in [7, 11) is 0. The van der Waals surface area contributed by atoms with E-state index >= 15 is 0 Å². The molecule has 15 rings (SSSR count). The third kappa shape index (κ3) is 10.6. The zero-order valence-corrected chi connectivity index (χ0v) is 51.4. The first-order chi connectivity index (χ1) is 47.5. The Balaban J connectivity index is 1.04. The van der Waals surface area contributed by atoms with Gasteiger partial charge in [0.2, 0.25) is 0 Å². The predicted octanol–water partition coefficient (Wildman–Crippen LogP) is 21.4. The van der Waals surface area contributed by atoms with Gasteiger partial charge in [-0.05, 0) is 203 Å². The first-order valence-corrected chi connectivity index (χ1v) is 30.5. The second-order valence-electron chi connectivity index (χ2n) is 23.4. The van der Waals surface area contributed by atoms with Gasteiger partial charge in [0.15, 0.2) is 40.2 Å². The highest BCUT2D eigenvalue weighted by molar-refractivity contribution is 6.14. The SMILES string of the molecule is [C-]#[N+]c1cc(C#N)cc(-c2ccc3c(c2)c2cc(-c4cc(C#N)cc([N+]#[C-])c4)ccc2n3-c2ccc(-c3nc(-c4ccccc4)nc(-c4ccccc4)n3)cc2-c2ccc(C)cc2-n2c3ccc(-c4cc(C#N)cc([N+]#[C-])c4)cc3c3cc(-c4cc(C#N)cc([N+]#[C-])c4)ccc32)c1. The van der Waals surface area contributed by atoms with E-state index in [4.69, 9.17) is 41.2 Å². The molecule has 13 heteroatoms. The Hall–Kier alpha value is -14.8. The van der Waals surface area contributed by atoms with Crippen LogP contribution in [0.25, 0.3) is 164 Å². The quantitative estimate of drug-likeness (QED) is 0.123. The molecular weight excluding hydrogens is 1190 g/mol. The highest BCUT2D eigenvalue weighted by Crippen LogP contribution is 2.46. The number of aromatic nitrogens is 5. The lowest BCUT2D eigenvalue weighted by atomic mass is 9.96. The van der Waals surface area contributed by atoms with E-state index in [9.17, 15) is 21.0 Å². The number of benzene rings is 12. The Bertz CT molecular complexity index is 5800. The first-order valence-electron chi connectivity index (χ1n) is 30.5. The van der Waals surface area contributed by atoms with Crippen LogP contribution in [0.3, 0.4) is 0 Å². The summed E-state index contributed by atoms with van der Waals surface area (Å²) in [6, 6.07) is 86.6. The van der Waals surface area contributed by atoms with Crippen molar-refractivity contribution in [1.29, 1.82) is 21.0 Å². The molecule has 3 aromatic heterocycles. The minimum absolute atomic E-state index is 0.334. The molecule has 0 amide bonds. The van der Waals surface area contributed by atoms with E-state index in [-0.39, 0.29) is 0 Å². The Morgan fingerprint density at radius 3 is 0.959 bits per heavy atom. The summed E-state index contributed by atoms with van der Waals surface area (Å²) in [6.07, 6.45) is 0. The number of nitrogens with zero attached hydrogens (tertiary/aromatic N) is 13. The van der Waals surface area contributed by atoms with Crippen LogP contribution in [0, 0.1) is 78.5 Å². The zero-order chi connectivity index (χ0) is 66.4. The molecule has 0 fully saturated rings. The first kappa shape index (κ1) is 58.5. The Morgan fingerprint density at radius 2 is 0.619 bits per heavy atom. The summed E-state index contributed by atoms with van der Waals surface area (Å²) in [5.74, 6) is 1.42. The molecule has 0 bridgehead atoms. The molecule has 0 aliphatic rings. The molecule has 0 saturated carbocycles. The van der Waals surface area contributed by atoms with Gasteiger partial charge in [-0.3, -0.25) is 0 Å². The second-order valence-corrected chi connectivity index (χ2v) is 23.4.